The molecule has 0 saturated carbocycles. The highest BCUT2D eigenvalue weighted by atomic mass is 35.5. The van der Waals surface area contributed by atoms with E-state index in [0.29, 0.717) is 39.9 Å². The number of hydrogen-bond donors (Lipinski definition) is 2. The van der Waals surface area contributed by atoms with Gasteiger partial charge in [0, 0.05) is 11.3 Å². The van der Waals surface area contributed by atoms with E-state index in [2.05, 4.69) is 10.5 Å². The van der Waals surface area contributed by atoms with Crippen molar-refractivity contribution in [2.24, 2.45) is 5.10 Å². The van der Waals surface area contributed by atoms with Crippen LogP contribution in [0.5, 0.6) is 11.5 Å². The second-order valence-electron chi connectivity index (χ2n) is 4.79. The Bertz CT molecular complexity index is 763. The summed E-state index contributed by atoms with van der Waals surface area (Å²) < 4.78 is 10.7. The van der Waals surface area contributed by atoms with Gasteiger partial charge in [0.1, 0.15) is 0 Å². The Morgan fingerprint density at radius 3 is 2.83 bits per heavy atom. The Morgan fingerprint density at radius 2 is 2.17 bits per heavy atom. The van der Waals surface area contributed by atoms with Crippen LogP contribution in [0, 0.1) is 0 Å². The maximum absolute atomic E-state index is 12.0. The minimum absolute atomic E-state index is 0.359. The maximum Gasteiger partial charge on any atom is 0.271 e. The van der Waals surface area contributed by atoms with Crippen LogP contribution in [-0.2, 0) is 0 Å². The second kappa shape index (κ2) is 8.21. The number of ether oxygens (including phenoxy) is 2. The Hall–Kier alpha value is -2.73. The molecule has 7 heteroatoms. The SMILES string of the molecule is CCOc1c(Cl)cc(/C=N\NC(=O)c2cccc(N)c2)cc1OC. The zero-order valence-corrected chi connectivity index (χ0v) is 14.1. The van der Waals surface area contributed by atoms with E-state index >= 15 is 0 Å². The molecule has 0 heterocycles. The Labute approximate surface area is 145 Å². The van der Waals surface area contributed by atoms with Crippen LogP contribution in [0.3, 0.4) is 0 Å². The third-order valence-electron chi connectivity index (χ3n) is 3.07. The molecule has 0 aliphatic carbocycles. The number of halogens is 1. The molecule has 6 nitrogen and oxygen atoms in total. The van der Waals surface area contributed by atoms with Gasteiger partial charge in [0.15, 0.2) is 11.5 Å². The number of amides is 1. The third kappa shape index (κ3) is 4.39. The van der Waals surface area contributed by atoms with Crippen LogP contribution < -0.4 is 20.6 Å². The van der Waals surface area contributed by atoms with Gasteiger partial charge in [-0.3, -0.25) is 4.79 Å². The van der Waals surface area contributed by atoms with E-state index in [9.17, 15) is 4.79 Å². The normalized spacial score (nSPS) is 10.6. The average Bonchev–Trinajstić information content (AvgIpc) is 2.57. The molecule has 0 radical (unpaired) electrons. The van der Waals surface area contributed by atoms with Crippen LogP contribution in [0.25, 0.3) is 0 Å². The molecular formula is C17H18ClN3O3. The molecule has 24 heavy (non-hydrogen) atoms. The molecule has 0 unspecified atom stereocenters. The van der Waals surface area contributed by atoms with Crippen molar-refractivity contribution in [3.63, 3.8) is 0 Å². The first kappa shape index (κ1) is 17.6. The van der Waals surface area contributed by atoms with Crippen molar-refractivity contribution in [3.8, 4) is 11.5 Å². The van der Waals surface area contributed by atoms with Crippen molar-refractivity contribution >= 4 is 29.4 Å². The highest BCUT2D eigenvalue weighted by Crippen LogP contribution is 2.35. The van der Waals surface area contributed by atoms with Crippen molar-refractivity contribution in [1.29, 1.82) is 0 Å². The van der Waals surface area contributed by atoms with Crippen LogP contribution in [-0.4, -0.2) is 25.8 Å². The van der Waals surface area contributed by atoms with E-state index in [0.717, 1.165) is 0 Å². The van der Waals surface area contributed by atoms with Crippen LogP contribution in [0.15, 0.2) is 41.5 Å². The van der Waals surface area contributed by atoms with Gasteiger partial charge in [0.2, 0.25) is 0 Å². The minimum atomic E-state index is -0.359. The molecular weight excluding hydrogens is 330 g/mol. The molecule has 0 aliphatic rings. The number of benzene rings is 2. The Kier molecular flexibility index (Phi) is 6.03. The Balaban J connectivity index is 2.11. The molecule has 0 aromatic heterocycles. The molecule has 0 fully saturated rings. The summed E-state index contributed by atoms with van der Waals surface area (Å²) in [6.45, 7) is 2.33. The highest BCUT2D eigenvalue weighted by molar-refractivity contribution is 6.32. The lowest BCUT2D eigenvalue weighted by molar-refractivity contribution is 0.0955. The first-order valence-electron chi connectivity index (χ1n) is 7.24. The van der Waals surface area contributed by atoms with Gasteiger partial charge < -0.3 is 15.2 Å². The number of anilines is 1. The van der Waals surface area contributed by atoms with Gasteiger partial charge >= 0.3 is 0 Å². The minimum Gasteiger partial charge on any atom is -0.493 e. The summed E-state index contributed by atoms with van der Waals surface area (Å²) in [6.07, 6.45) is 1.47. The van der Waals surface area contributed by atoms with E-state index in [-0.39, 0.29) is 5.91 Å². The number of nitrogens with one attached hydrogen (secondary N) is 1. The van der Waals surface area contributed by atoms with Gasteiger partial charge in [-0.15, -0.1) is 0 Å². The van der Waals surface area contributed by atoms with Crippen molar-refractivity contribution in [3.05, 3.63) is 52.5 Å². The fourth-order valence-corrected chi connectivity index (χ4v) is 2.28. The first-order chi connectivity index (χ1) is 11.5. The number of rotatable bonds is 6. The lowest BCUT2D eigenvalue weighted by atomic mass is 10.2. The lowest BCUT2D eigenvalue weighted by Gasteiger charge is -2.11. The van der Waals surface area contributed by atoms with Crippen LogP contribution in [0.4, 0.5) is 5.69 Å². The van der Waals surface area contributed by atoms with Crippen molar-refractivity contribution in [1.82, 2.24) is 5.43 Å². The van der Waals surface area contributed by atoms with E-state index in [1.807, 2.05) is 6.92 Å². The highest BCUT2D eigenvalue weighted by Gasteiger charge is 2.11. The van der Waals surface area contributed by atoms with Crippen molar-refractivity contribution in [2.45, 2.75) is 6.92 Å². The summed E-state index contributed by atoms with van der Waals surface area (Å²) in [6, 6.07) is 10.0. The molecule has 0 saturated heterocycles. The number of carbonyl (C=O) groups is 1. The zero-order chi connectivity index (χ0) is 17.5. The second-order valence-corrected chi connectivity index (χ2v) is 5.20. The molecule has 0 spiro atoms. The number of nitrogens with zero attached hydrogens (tertiary/aromatic N) is 1. The number of nitrogen functional groups attached to an aromatic ring is 1. The van der Waals surface area contributed by atoms with Gasteiger partial charge in [0.25, 0.3) is 5.91 Å². The molecule has 1 amide bonds. The number of carbonyl (C=O) groups excluding carboxylic acids is 1. The van der Waals surface area contributed by atoms with Crippen molar-refractivity contribution in [2.75, 3.05) is 19.5 Å². The molecule has 0 bridgehead atoms. The van der Waals surface area contributed by atoms with E-state index < -0.39 is 0 Å². The number of nitrogens with two attached hydrogens (primary N) is 1. The predicted molar refractivity (Wildman–Crippen MR) is 95.1 cm³/mol. The summed E-state index contributed by atoms with van der Waals surface area (Å²) >= 11 is 6.18. The van der Waals surface area contributed by atoms with Gasteiger partial charge in [-0.1, -0.05) is 17.7 Å². The molecule has 2 aromatic carbocycles. The van der Waals surface area contributed by atoms with Gasteiger partial charge in [-0.05, 0) is 42.8 Å². The largest absolute Gasteiger partial charge is 0.493 e. The molecule has 3 N–H and O–H groups in total. The van der Waals surface area contributed by atoms with E-state index in [4.69, 9.17) is 26.8 Å². The molecule has 2 aromatic rings. The quantitative estimate of drug-likeness (QED) is 0.477. The lowest BCUT2D eigenvalue weighted by Crippen LogP contribution is -2.17. The van der Waals surface area contributed by atoms with Gasteiger partial charge in [-0.25, -0.2) is 5.43 Å². The van der Waals surface area contributed by atoms with E-state index in [1.165, 1.54) is 13.3 Å². The fourth-order valence-electron chi connectivity index (χ4n) is 2.01. The monoisotopic (exact) mass is 347 g/mol. The third-order valence-corrected chi connectivity index (χ3v) is 3.35. The summed E-state index contributed by atoms with van der Waals surface area (Å²) in [4.78, 5) is 12.0. The zero-order valence-electron chi connectivity index (χ0n) is 13.4. The number of methoxy groups -OCH3 is 1. The predicted octanol–water partition coefficient (Wildman–Crippen LogP) is 3.09. The van der Waals surface area contributed by atoms with Gasteiger partial charge in [0.05, 0.1) is 25.0 Å². The molecule has 2 rings (SSSR count). The smallest absolute Gasteiger partial charge is 0.271 e. The Morgan fingerprint density at radius 1 is 1.38 bits per heavy atom. The summed E-state index contributed by atoms with van der Waals surface area (Å²) in [5.74, 6) is 0.609. The fraction of sp³-hybridized carbons (Fsp3) is 0.176. The standard InChI is InChI=1S/C17H18ClN3O3/c1-3-24-16-14(18)7-11(8-15(16)23-2)10-20-21-17(22)12-5-4-6-13(19)9-12/h4-10H,3,19H2,1-2H3,(H,21,22)/b20-10-. The molecule has 126 valence electrons. The topological polar surface area (TPSA) is 85.9 Å². The van der Waals surface area contributed by atoms with Crippen LogP contribution >= 0.6 is 11.6 Å². The molecule has 0 atom stereocenters. The summed E-state index contributed by atoms with van der Waals surface area (Å²) in [5, 5.41) is 4.32. The number of hydrazone groups is 1. The maximum atomic E-state index is 12.0. The van der Waals surface area contributed by atoms with Crippen LogP contribution in [0.1, 0.15) is 22.8 Å². The first-order valence-corrected chi connectivity index (χ1v) is 7.62. The summed E-state index contributed by atoms with van der Waals surface area (Å²) in [5.41, 5.74) is 9.67. The van der Waals surface area contributed by atoms with Crippen molar-refractivity contribution < 1.29 is 14.3 Å². The van der Waals surface area contributed by atoms with E-state index in [1.54, 1.807) is 36.4 Å². The molecule has 0 aliphatic heterocycles. The average molecular weight is 348 g/mol. The van der Waals surface area contributed by atoms with Crippen LogP contribution in [0.2, 0.25) is 5.02 Å². The van der Waals surface area contributed by atoms with Gasteiger partial charge in [-0.2, -0.15) is 5.10 Å². The number of hydrogen-bond acceptors (Lipinski definition) is 5. The summed E-state index contributed by atoms with van der Waals surface area (Å²) in [7, 11) is 1.52.